The third kappa shape index (κ3) is 4.05. The molecule has 0 aromatic heterocycles. The highest BCUT2D eigenvalue weighted by Gasteiger charge is 2.28. The van der Waals surface area contributed by atoms with Gasteiger partial charge in [-0.05, 0) is 24.6 Å². The van der Waals surface area contributed by atoms with Gasteiger partial charge in [0.25, 0.3) is 5.69 Å². The molecular weight excluding hydrogens is 422 g/mol. The van der Waals surface area contributed by atoms with Gasteiger partial charge in [0, 0.05) is 48.5 Å². The van der Waals surface area contributed by atoms with Gasteiger partial charge in [-0.3, -0.25) is 10.1 Å². The molecule has 26 heavy (non-hydrogen) atoms. The van der Waals surface area contributed by atoms with Crippen molar-refractivity contribution < 1.29 is 13.3 Å². The lowest BCUT2D eigenvalue weighted by Crippen LogP contribution is -2.35. The first-order valence-electron chi connectivity index (χ1n) is 8.13. The number of nitrogens with zero attached hydrogens (tertiary/aromatic N) is 3. The zero-order chi connectivity index (χ0) is 18.7. The average molecular weight is 440 g/mol. The van der Waals surface area contributed by atoms with E-state index >= 15 is 0 Å². The number of non-ortho nitro benzene ring substituents is 1. The van der Waals surface area contributed by atoms with Crippen LogP contribution in [0.15, 0.2) is 57.9 Å². The molecule has 1 saturated heterocycles. The number of para-hydroxylation sites is 1. The maximum absolute atomic E-state index is 13.0. The number of benzene rings is 2. The van der Waals surface area contributed by atoms with E-state index in [0.29, 0.717) is 30.5 Å². The Kier molecular flexibility index (Phi) is 5.59. The number of hydrogen-bond acceptors (Lipinski definition) is 5. The first kappa shape index (κ1) is 18.8. The van der Waals surface area contributed by atoms with Crippen LogP contribution in [0.1, 0.15) is 6.42 Å². The molecule has 0 atom stereocenters. The van der Waals surface area contributed by atoms with Gasteiger partial charge < -0.3 is 4.90 Å². The topological polar surface area (TPSA) is 83.8 Å². The zero-order valence-corrected chi connectivity index (χ0v) is 16.3. The van der Waals surface area contributed by atoms with Crippen molar-refractivity contribution >= 4 is 37.3 Å². The normalized spacial score (nSPS) is 16.3. The Morgan fingerprint density at radius 2 is 1.73 bits per heavy atom. The Morgan fingerprint density at radius 3 is 2.42 bits per heavy atom. The molecule has 0 aliphatic carbocycles. The number of nitro groups is 1. The van der Waals surface area contributed by atoms with Gasteiger partial charge in [0.1, 0.15) is 0 Å². The number of rotatable bonds is 4. The van der Waals surface area contributed by atoms with Crippen LogP contribution in [0.4, 0.5) is 11.4 Å². The van der Waals surface area contributed by atoms with E-state index in [2.05, 4.69) is 20.8 Å². The fourth-order valence-corrected chi connectivity index (χ4v) is 5.15. The molecule has 7 nitrogen and oxygen atoms in total. The lowest BCUT2D eigenvalue weighted by Gasteiger charge is -2.23. The summed E-state index contributed by atoms with van der Waals surface area (Å²) in [5, 5.41) is 11.0. The van der Waals surface area contributed by atoms with Crippen LogP contribution in [0.25, 0.3) is 0 Å². The van der Waals surface area contributed by atoms with Crippen molar-refractivity contribution in [1.29, 1.82) is 0 Å². The van der Waals surface area contributed by atoms with Gasteiger partial charge in [-0.2, -0.15) is 4.31 Å². The Balaban J connectivity index is 1.83. The smallest absolute Gasteiger partial charge is 0.271 e. The number of hydrogen-bond donors (Lipinski definition) is 0. The van der Waals surface area contributed by atoms with Crippen LogP contribution in [-0.2, 0) is 10.0 Å². The Bertz CT molecular complexity index is 905. The predicted molar refractivity (Wildman–Crippen MR) is 103 cm³/mol. The van der Waals surface area contributed by atoms with Crippen molar-refractivity contribution in [3.05, 3.63) is 63.1 Å². The highest BCUT2D eigenvalue weighted by molar-refractivity contribution is 9.10. The molecule has 0 saturated carbocycles. The summed E-state index contributed by atoms with van der Waals surface area (Å²) in [7, 11) is -3.80. The largest absolute Gasteiger partial charge is 0.370 e. The van der Waals surface area contributed by atoms with Crippen LogP contribution < -0.4 is 4.90 Å². The summed E-state index contributed by atoms with van der Waals surface area (Å²) in [5.41, 5.74) is 0.809. The molecule has 0 amide bonds. The Morgan fingerprint density at radius 1 is 1.00 bits per heavy atom. The summed E-state index contributed by atoms with van der Waals surface area (Å²) in [5.74, 6) is 0. The molecule has 1 aliphatic heterocycles. The minimum absolute atomic E-state index is 0.0632. The molecule has 3 rings (SSSR count). The number of anilines is 1. The quantitative estimate of drug-likeness (QED) is 0.539. The average Bonchev–Trinajstić information content (AvgIpc) is 2.88. The fourth-order valence-electron chi connectivity index (χ4n) is 2.98. The molecule has 138 valence electrons. The van der Waals surface area contributed by atoms with E-state index in [1.807, 2.05) is 30.3 Å². The minimum Gasteiger partial charge on any atom is -0.370 e. The van der Waals surface area contributed by atoms with E-state index in [1.165, 1.54) is 16.4 Å². The summed E-state index contributed by atoms with van der Waals surface area (Å²) in [6.07, 6.45) is 0.685. The van der Waals surface area contributed by atoms with E-state index in [1.54, 1.807) is 0 Å². The van der Waals surface area contributed by atoms with Crippen molar-refractivity contribution in [2.24, 2.45) is 0 Å². The van der Waals surface area contributed by atoms with Crippen LogP contribution >= 0.6 is 15.9 Å². The molecule has 1 heterocycles. The van der Waals surface area contributed by atoms with Gasteiger partial charge in [0.05, 0.1) is 9.82 Å². The molecule has 0 radical (unpaired) electrons. The number of nitro benzene ring substituents is 1. The predicted octanol–water partition coefficient (Wildman–Crippen LogP) is 3.26. The first-order chi connectivity index (χ1) is 12.4. The van der Waals surface area contributed by atoms with Gasteiger partial charge in [0.15, 0.2) is 0 Å². The molecule has 1 aliphatic rings. The van der Waals surface area contributed by atoms with E-state index in [0.717, 1.165) is 18.3 Å². The second-order valence-corrected chi connectivity index (χ2v) is 8.84. The van der Waals surface area contributed by atoms with E-state index in [9.17, 15) is 18.5 Å². The van der Waals surface area contributed by atoms with Gasteiger partial charge in [-0.25, -0.2) is 8.42 Å². The summed E-state index contributed by atoms with van der Waals surface area (Å²) >= 11 is 3.16. The van der Waals surface area contributed by atoms with Crippen LogP contribution in [0.2, 0.25) is 0 Å². The third-order valence-corrected chi connectivity index (χ3v) is 6.62. The summed E-state index contributed by atoms with van der Waals surface area (Å²) in [6, 6.07) is 13.7. The van der Waals surface area contributed by atoms with Crippen LogP contribution in [0.3, 0.4) is 0 Å². The molecule has 2 aromatic carbocycles. The van der Waals surface area contributed by atoms with Crippen LogP contribution in [0.5, 0.6) is 0 Å². The minimum atomic E-state index is -3.80. The van der Waals surface area contributed by atoms with Gasteiger partial charge >= 0.3 is 0 Å². The molecule has 1 fully saturated rings. The third-order valence-electron chi connectivity index (χ3n) is 4.28. The second-order valence-electron chi connectivity index (χ2n) is 5.98. The highest BCUT2D eigenvalue weighted by atomic mass is 79.9. The summed E-state index contributed by atoms with van der Waals surface area (Å²) in [6.45, 7) is 2.04. The molecule has 0 spiro atoms. The maximum Gasteiger partial charge on any atom is 0.271 e. The van der Waals surface area contributed by atoms with Crippen molar-refractivity contribution in [2.75, 3.05) is 31.1 Å². The molecule has 0 unspecified atom stereocenters. The van der Waals surface area contributed by atoms with Crippen LogP contribution in [-0.4, -0.2) is 43.8 Å². The van der Waals surface area contributed by atoms with Crippen molar-refractivity contribution in [3.8, 4) is 0 Å². The zero-order valence-electron chi connectivity index (χ0n) is 13.9. The monoisotopic (exact) mass is 439 g/mol. The SMILES string of the molecule is O=[N+]([O-])c1cc(Br)cc(S(=O)(=O)N2CCCN(c3ccccc3)CC2)c1. The van der Waals surface area contributed by atoms with Crippen molar-refractivity contribution in [2.45, 2.75) is 11.3 Å². The molecule has 0 N–H and O–H groups in total. The van der Waals surface area contributed by atoms with Crippen LogP contribution in [0, 0.1) is 10.1 Å². The second kappa shape index (κ2) is 7.73. The fraction of sp³-hybridized carbons (Fsp3) is 0.294. The van der Waals surface area contributed by atoms with E-state index in [4.69, 9.17) is 0 Å². The Labute approximate surface area is 160 Å². The standard InChI is InChI=1S/C17H18BrN3O4S/c18-14-11-16(21(22)23)13-17(12-14)26(24,25)20-8-4-7-19(9-10-20)15-5-2-1-3-6-15/h1-3,5-6,11-13H,4,7-10H2. The number of sulfonamides is 1. The number of halogens is 1. The summed E-state index contributed by atoms with van der Waals surface area (Å²) < 4.78 is 27.7. The lowest BCUT2D eigenvalue weighted by molar-refractivity contribution is -0.385. The lowest BCUT2D eigenvalue weighted by atomic mass is 10.3. The van der Waals surface area contributed by atoms with Crippen molar-refractivity contribution in [3.63, 3.8) is 0 Å². The van der Waals surface area contributed by atoms with Gasteiger partial charge in [-0.15, -0.1) is 0 Å². The van der Waals surface area contributed by atoms with Crippen molar-refractivity contribution in [1.82, 2.24) is 4.31 Å². The van der Waals surface area contributed by atoms with E-state index < -0.39 is 14.9 Å². The maximum atomic E-state index is 13.0. The molecule has 9 heteroatoms. The molecular formula is C17H18BrN3O4S. The highest BCUT2D eigenvalue weighted by Crippen LogP contribution is 2.27. The first-order valence-corrected chi connectivity index (χ1v) is 10.4. The van der Waals surface area contributed by atoms with E-state index in [-0.39, 0.29) is 10.6 Å². The summed E-state index contributed by atoms with van der Waals surface area (Å²) in [4.78, 5) is 12.5. The van der Waals surface area contributed by atoms with Gasteiger partial charge in [-0.1, -0.05) is 34.1 Å². The molecule has 2 aromatic rings. The Hall–Kier alpha value is -1.97. The molecule has 0 bridgehead atoms. The van der Waals surface area contributed by atoms with Gasteiger partial charge in [0.2, 0.25) is 10.0 Å².